The van der Waals surface area contributed by atoms with Gasteiger partial charge in [0, 0.05) is 37.1 Å². The lowest BCUT2D eigenvalue weighted by molar-refractivity contribution is -0.139. The standard InChI is InChI=1S/C25H40N7O19P3S.C9H11NO3/c1-25(2,20(38)23(39)28-6-5-14(33)27-7-8-55-16(36)4-3-15(34)35)10-48-54(45,46)51-53(43,44)47-9-13-19(50-52(40,41)42)18(37)24(49-13)32-12-31-17-21(26)29-11-30-22(17)32;10-8(9(12)13)5-6-1-3-7(11)4-2-6/h11-13,18-20,24,37-38H,3-10H2,1-2H3,(H,27,33)(H,28,39)(H,34,35)(H,43,44)(H,45,46)(H2,26,29,30)(H2,40,41,42);1-4,8,11H,5,10H2,(H,12,13)/t13-,18-,19-,20+,24-;8-/m10/s1. The summed E-state index contributed by atoms with van der Waals surface area (Å²) in [7, 11) is -16.4. The number of rotatable bonds is 25. The topological polar surface area (TPSA) is 484 Å². The highest BCUT2D eigenvalue weighted by molar-refractivity contribution is 8.13. The maximum atomic E-state index is 12.6. The fourth-order valence-electron chi connectivity index (χ4n) is 5.55. The molecule has 2 aromatic heterocycles. The number of phenols is 1. The van der Waals surface area contributed by atoms with Gasteiger partial charge < -0.3 is 71.9 Å². The highest BCUT2D eigenvalue weighted by Gasteiger charge is 2.50. The second-order valence-electron chi connectivity index (χ2n) is 15.0. The monoisotopic (exact) mass is 1050 g/mol. The highest BCUT2D eigenvalue weighted by Crippen LogP contribution is 2.61. The molecule has 1 saturated heterocycles. The first-order valence-electron chi connectivity index (χ1n) is 19.5. The number of amides is 2. The number of carboxylic acids is 2. The molecular weight excluding hydrogens is 997 g/mol. The Kier molecular flexibility index (Phi) is 21.6. The third-order valence-corrected chi connectivity index (χ3v) is 13.1. The lowest BCUT2D eigenvalue weighted by Crippen LogP contribution is -2.46. The van der Waals surface area contributed by atoms with Crippen molar-refractivity contribution in [3.63, 3.8) is 0 Å². The Morgan fingerprint density at radius 3 is 2.21 bits per heavy atom. The molecule has 1 aliphatic heterocycles. The van der Waals surface area contributed by atoms with Crippen LogP contribution in [0.3, 0.4) is 0 Å². The number of hydrogen-bond donors (Lipinski definition) is 13. The third kappa shape index (κ3) is 19.1. The number of hydrogen-bond acceptors (Lipinski definition) is 22. The number of nitrogens with two attached hydrogens (primary N) is 2. The minimum atomic E-state index is -5.59. The van der Waals surface area contributed by atoms with Gasteiger partial charge in [-0.3, -0.25) is 42.1 Å². The number of aromatic hydroxyl groups is 1. The van der Waals surface area contributed by atoms with Gasteiger partial charge >= 0.3 is 35.4 Å². The van der Waals surface area contributed by atoms with E-state index in [-0.39, 0.29) is 72.4 Å². The van der Waals surface area contributed by atoms with Crippen molar-refractivity contribution in [3.05, 3.63) is 42.5 Å². The number of benzene rings is 1. The molecule has 4 rings (SSSR count). The molecule has 3 aromatic rings. The fraction of sp³-hybridized carbons (Fsp3) is 0.529. The summed E-state index contributed by atoms with van der Waals surface area (Å²) in [5, 5.41) is 51.8. The van der Waals surface area contributed by atoms with E-state index in [0.717, 1.165) is 34.5 Å². The van der Waals surface area contributed by atoms with Crippen molar-refractivity contribution in [2.24, 2.45) is 11.1 Å². The van der Waals surface area contributed by atoms with Gasteiger partial charge in [0.15, 0.2) is 22.8 Å². The zero-order valence-electron chi connectivity index (χ0n) is 35.8. The van der Waals surface area contributed by atoms with E-state index in [1.807, 2.05) is 0 Å². The molecule has 0 radical (unpaired) electrons. The number of aliphatic carboxylic acids is 2. The van der Waals surface area contributed by atoms with Crippen molar-refractivity contribution in [2.75, 3.05) is 37.8 Å². The number of nitrogens with one attached hydrogen (secondary N) is 2. The predicted molar refractivity (Wildman–Crippen MR) is 231 cm³/mol. The second-order valence-corrected chi connectivity index (χ2v) is 20.4. The molecule has 1 fully saturated rings. The van der Waals surface area contributed by atoms with Crippen molar-refractivity contribution in [3.8, 4) is 5.75 Å². The Labute approximate surface area is 389 Å². The first kappa shape index (κ1) is 57.8. The number of phenolic OH excluding ortho intramolecular Hbond substituents is 1. The number of carboxylic acid groups (broad SMARTS) is 2. The maximum absolute atomic E-state index is 12.6. The first-order chi connectivity index (χ1) is 31.5. The van der Waals surface area contributed by atoms with Crippen LogP contribution in [-0.2, 0) is 66.7 Å². The van der Waals surface area contributed by atoms with Crippen LogP contribution in [-0.4, -0.2) is 156 Å². The summed E-state index contributed by atoms with van der Waals surface area (Å²) < 4.78 is 61.9. The summed E-state index contributed by atoms with van der Waals surface area (Å²) in [6.07, 6.45) is -7.28. The largest absolute Gasteiger partial charge is 0.508 e. The number of thioether (sulfide) groups is 1. The molecule has 0 bridgehead atoms. The third-order valence-electron chi connectivity index (χ3n) is 9.02. The maximum Gasteiger partial charge on any atom is 0.481 e. The summed E-state index contributed by atoms with van der Waals surface area (Å²) >= 11 is 0.849. The van der Waals surface area contributed by atoms with E-state index in [1.165, 1.54) is 26.0 Å². The number of aromatic nitrogens is 4. The number of carbonyl (C=O) groups is 5. The second kappa shape index (κ2) is 25.4. The number of phosphoric acid groups is 3. The van der Waals surface area contributed by atoms with Gasteiger partial charge in [-0.1, -0.05) is 37.7 Å². The number of carbonyl (C=O) groups excluding carboxylic acids is 3. The van der Waals surface area contributed by atoms with E-state index in [1.54, 1.807) is 12.1 Å². The minimum Gasteiger partial charge on any atom is -0.508 e. The lowest BCUT2D eigenvalue weighted by Gasteiger charge is -2.30. The van der Waals surface area contributed by atoms with Crippen LogP contribution in [0.1, 0.15) is 44.9 Å². The van der Waals surface area contributed by atoms with Crippen LogP contribution in [0.5, 0.6) is 5.75 Å². The number of phosphoric ester groups is 3. The highest BCUT2D eigenvalue weighted by atomic mass is 32.2. The van der Waals surface area contributed by atoms with Gasteiger partial charge in [-0.25, -0.2) is 28.6 Å². The van der Waals surface area contributed by atoms with Crippen LogP contribution in [0, 0.1) is 5.41 Å². The molecule has 1 aromatic carbocycles. The molecule has 3 heterocycles. The van der Waals surface area contributed by atoms with Crippen molar-refractivity contribution in [2.45, 2.75) is 76.2 Å². The molecule has 2 unspecified atom stereocenters. The van der Waals surface area contributed by atoms with Gasteiger partial charge in [0.25, 0.3) is 0 Å². The van der Waals surface area contributed by atoms with Gasteiger partial charge in [-0.2, -0.15) is 4.31 Å². The van der Waals surface area contributed by atoms with E-state index < -0.39 is 103 Å². The molecule has 380 valence electrons. The number of aliphatic hydroxyl groups is 2. The van der Waals surface area contributed by atoms with Crippen LogP contribution in [0.15, 0.2) is 36.9 Å². The average Bonchev–Trinajstić information content (AvgIpc) is 3.80. The number of aliphatic hydroxyl groups excluding tert-OH is 2. The summed E-state index contributed by atoms with van der Waals surface area (Å²) in [4.78, 5) is 108. The predicted octanol–water partition coefficient (Wildman–Crippen LogP) is -1.12. The Hall–Kier alpha value is -4.52. The lowest BCUT2D eigenvalue weighted by atomic mass is 9.87. The normalized spacial score (nSPS) is 20.0. The van der Waals surface area contributed by atoms with Gasteiger partial charge in [-0.15, -0.1) is 0 Å². The number of ether oxygens (including phenoxy) is 1. The van der Waals surface area contributed by atoms with E-state index in [4.69, 9.17) is 40.6 Å². The van der Waals surface area contributed by atoms with Crippen LogP contribution in [0.2, 0.25) is 0 Å². The van der Waals surface area contributed by atoms with Crippen molar-refractivity contribution >= 4 is 81.1 Å². The van der Waals surface area contributed by atoms with Crippen LogP contribution < -0.4 is 22.1 Å². The zero-order valence-corrected chi connectivity index (χ0v) is 39.3. The Morgan fingerprint density at radius 2 is 1.59 bits per heavy atom. The fourth-order valence-corrected chi connectivity index (χ4v) is 9.06. The Bertz CT molecular complexity index is 2370. The molecule has 8 atom stereocenters. The Morgan fingerprint density at radius 1 is 0.941 bits per heavy atom. The molecule has 0 spiro atoms. The smallest absolute Gasteiger partial charge is 0.481 e. The van der Waals surface area contributed by atoms with Crippen molar-refractivity contribution in [1.29, 1.82) is 0 Å². The molecule has 68 heavy (non-hydrogen) atoms. The van der Waals surface area contributed by atoms with E-state index in [2.05, 4.69) is 34.4 Å². The molecule has 2 amide bonds. The number of nitrogen functional groups attached to an aromatic ring is 1. The van der Waals surface area contributed by atoms with E-state index in [9.17, 15) is 67.5 Å². The van der Waals surface area contributed by atoms with Gasteiger partial charge in [0.05, 0.1) is 26.0 Å². The molecule has 34 heteroatoms. The molecule has 1 aliphatic rings. The molecule has 0 saturated carbocycles. The number of anilines is 1. The van der Waals surface area contributed by atoms with Crippen LogP contribution in [0.25, 0.3) is 11.2 Å². The van der Waals surface area contributed by atoms with Crippen molar-refractivity contribution < 1.29 is 105 Å². The number of fused-ring (bicyclic) bond motifs is 1. The molecule has 30 nitrogen and oxygen atoms in total. The minimum absolute atomic E-state index is 0.0197. The van der Waals surface area contributed by atoms with Gasteiger partial charge in [0.1, 0.15) is 48.1 Å². The first-order valence-corrected chi connectivity index (χ1v) is 25.0. The van der Waals surface area contributed by atoms with Crippen LogP contribution >= 0.6 is 35.2 Å². The average molecular weight is 1050 g/mol. The summed E-state index contributed by atoms with van der Waals surface area (Å²) in [5.74, 6) is -3.37. The molecular formula is C34H51N8O22P3S. The SMILES string of the molecule is CC(C)(COP(=O)(O)OP(=O)(O)OC[C@H]1O[C@@H](n2cnc3c(N)ncnc32)[C@H](O)[C@@H]1OP(=O)(O)O)[C@@H](O)C(=O)NCCC(=O)NCCSC(=O)CCC(=O)O.N[C@@H](Cc1ccc(O)cc1)C(=O)O. The quantitative estimate of drug-likeness (QED) is 0.0353. The summed E-state index contributed by atoms with van der Waals surface area (Å²) in [6, 6.07) is 5.42. The molecule has 15 N–H and O–H groups in total. The summed E-state index contributed by atoms with van der Waals surface area (Å²) in [5.41, 5.74) is 10.3. The summed E-state index contributed by atoms with van der Waals surface area (Å²) in [6.45, 7) is 0.213. The van der Waals surface area contributed by atoms with E-state index >= 15 is 0 Å². The number of imidazole rings is 1. The van der Waals surface area contributed by atoms with Gasteiger partial charge in [-0.05, 0) is 24.1 Å². The number of nitrogens with zero attached hydrogens (tertiary/aromatic N) is 4. The Balaban J connectivity index is 0.000000809. The zero-order chi connectivity index (χ0) is 51.2. The van der Waals surface area contributed by atoms with Crippen LogP contribution in [0.4, 0.5) is 5.82 Å². The van der Waals surface area contributed by atoms with Crippen molar-refractivity contribution in [1.82, 2.24) is 30.2 Å². The van der Waals surface area contributed by atoms with Gasteiger partial charge in [0.2, 0.25) is 11.8 Å². The molecule has 0 aliphatic carbocycles. The van der Waals surface area contributed by atoms with E-state index in [0.29, 0.717) is 0 Å².